The van der Waals surface area contributed by atoms with Crippen LogP contribution in [-0.4, -0.2) is 102 Å². The van der Waals surface area contributed by atoms with Crippen molar-refractivity contribution in [2.24, 2.45) is 29.1 Å². The molecule has 0 aromatic heterocycles. The Bertz CT molecular complexity index is 1630. The molecule has 5 rings (SSSR count). The van der Waals surface area contributed by atoms with E-state index in [0.717, 1.165) is 51.4 Å². The molecule has 0 bridgehead atoms. The van der Waals surface area contributed by atoms with Gasteiger partial charge in [0.25, 0.3) is 5.91 Å². The first kappa shape index (κ1) is 42.6. The van der Waals surface area contributed by atoms with Crippen LogP contribution in [0.3, 0.4) is 0 Å². The fourth-order valence-corrected chi connectivity index (χ4v) is 8.77. The first-order valence-corrected chi connectivity index (χ1v) is 20.3. The van der Waals surface area contributed by atoms with Gasteiger partial charge < -0.3 is 35.8 Å². The minimum atomic E-state index is -1.16. The third-order valence-electron chi connectivity index (χ3n) is 12.3. The molecule has 14 nitrogen and oxygen atoms in total. The second kappa shape index (κ2) is 17.8. The number of carbonyl (C=O) groups is 7. The molecule has 3 saturated carbocycles. The van der Waals surface area contributed by atoms with E-state index in [9.17, 15) is 33.6 Å². The molecule has 56 heavy (non-hydrogen) atoms. The molecule has 6 amide bonds. The molecule has 1 aromatic carbocycles. The maximum Gasteiger partial charge on any atom is 0.408 e. The number of nitrogens with zero attached hydrogens (tertiary/aromatic N) is 2. The number of hydrogen-bond acceptors (Lipinski definition) is 8. The highest BCUT2D eigenvalue weighted by Crippen LogP contribution is 2.65. The van der Waals surface area contributed by atoms with Gasteiger partial charge in [-0.25, -0.2) is 4.79 Å². The molecule has 4 aliphatic rings. The summed E-state index contributed by atoms with van der Waals surface area (Å²) in [6.45, 7) is 9.24. The number of benzene rings is 1. The van der Waals surface area contributed by atoms with E-state index in [1.165, 1.54) is 4.90 Å². The summed E-state index contributed by atoms with van der Waals surface area (Å²) in [6, 6.07) is 5.44. The van der Waals surface area contributed by atoms with E-state index in [1.54, 1.807) is 64.0 Å². The highest BCUT2D eigenvalue weighted by atomic mass is 16.6. The molecule has 0 radical (unpaired) electrons. The number of Topliss-reactive ketones (excluding diaryl/α,β-unsaturated/α-hetero) is 1. The molecular formula is C42H62N6O8. The highest BCUT2D eigenvalue weighted by molar-refractivity contribution is 6.38. The lowest BCUT2D eigenvalue weighted by Gasteiger charge is -2.37. The minimum absolute atomic E-state index is 0.00291. The number of likely N-dealkylation sites (tertiary alicyclic amines) is 1. The van der Waals surface area contributed by atoms with Crippen molar-refractivity contribution in [1.82, 2.24) is 31.1 Å². The number of nitrogens with one attached hydrogen (secondary N) is 4. The molecule has 4 N–H and O–H groups in total. The first-order chi connectivity index (χ1) is 26.4. The minimum Gasteiger partial charge on any atom is -0.444 e. The fourth-order valence-electron chi connectivity index (χ4n) is 8.77. The number of ketones is 1. The van der Waals surface area contributed by atoms with Crippen LogP contribution in [0.1, 0.15) is 110 Å². The number of hydrogen-bond donors (Lipinski definition) is 4. The Morgan fingerprint density at radius 3 is 2.14 bits per heavy atom. The predicted molar refractivity (Wildman–Crippen MR) is 209 cm³/mol. The Kier molecular flexibility index (Phi) is 13.5. The topological polar surface area (TPSA) is 183 Å². The summed E-state index contributed by atoms with van der Waals surface area (Å²) >= 11 is 0. The Balaban J connectivity index is 1.28. The molecule has 4 fully saturated rings. The molecule has 1 aromatic rings. The maximum atomic E-state index is 14.5. The molecular weight excluding hydrogens is 716 g/mol. The van der Waals surface area contributed by atoms with Gasteiger partial charge in [0.05, 0.1) is 25.0 Å². The second-order valence-electron chi connectivity index (χ2n) is 18.1. The number of alkyl carbamates (subject to hydrolysis) is 1. The summed E-state index contributed by atoms with van der Waals surface area (Å²) < 4.78 is 5.55. The molecule has 1 saturated heterocycles. The van der Waals surface area contributed by atoms with E-state index < -0.39 is 65.9 Å². The van der Waals surface area contributed by atoms with Crippen molar-refractivity contribution in [3.05, 3.63) is 35.9 Å². The molecule has 0 spiro atoms. The lowest BCUT2D eigenvalue weighted by molar-refractivity contribution is -0.145. The molecule has 3 aliphatic carbocycles. The maximum absolute atomic E-state index is 14.5. The molecule has 1 unspecified atom stereocenters. The smallest absolute Gasteiger partial charge is 0.408 e. The normalized spacial score (nSPS) is 23.3. The largest absolute Gasteiger partial charge is 0.444 e. The number of rotatable bonds is 15. The van der Waals surface area contributed by atoms with Crippen LogP contribution in [0.15, 0.2) is 30.3 Å². The van der Waals surface area contributed by atoms with E-state index in [1.807, 2.05) is 6.07 Å². The van der Waals surface area contributed by atoms with Gasteiger partial charge in [-0.2, -0.15) is 0 Å². The van der Waals surface area contributed by atoms with Gasteiger partial charge in [0, 0.05) is 20.6 Å². The standard InChI is InChI=1S/C42H62N6O8/c1-41(2,3)56-40(55)46-34(27-19-12-9-13-20-27)39(54)48-24-28-33(42(28,4)5)35(48)37(52)45-30(21-25-15-14-16-25)36(51)38(53)43-23-31(49)44-29(22-32(50)47(6)7)26-17-10-8-11-18-26/h8,10-11,17-18,25,27-30,33-35H,9,12-16,19-24H2,1-7H3,(H,43,53)(H,44,49)(H,45,52)(H,46,55)/t28-,29-,30?,33-,34-,35-/m0/s1. The van der Waals surface area contributed by atoms with E-state index in [-0.39, 0.29) is 53.7 Å². The summed E-state index contributed by atoms with van der Waals surface area (Å²) in [5.74, 6) is -3.55. The summed E-state index contributed by atoms with van der Waals surface area (Å²) in [5, 5.41) is 11.0. The monoisotopic (exact) mass is 778 g/mol. The lowest BCUT2D eigenvalue weighted by atomic mass is 9.80. The van der Waals surface area contributed by atoms with E-state index in [4.69, 9.17) is 4.74 Å². The average molecular weight is 779 g/mol. The average Bonchev–Trinajstić information content (AvgIpc) is 3.42. The van der Waals surface area contributed by atoms with Gasteiger partial charge in [-0.1, -0.05) is 82.7 Å². The van der Waals surface area contributed by atoms with Gasteiger partial charge in [-0.3, -0.25) is 28.8 Å². The Hall–Kier alpha value is -4.49. The van der Waals surface area contributed by atoms with Crippen molar-refractivity contribution >= 4 is 41.4 Å². The third kappa shape index (κ3) is 10.5. The molecule has 1 aliphatic heterocycles. The van der Waals surface area contributed by atoms with Crippen molar-refractivity contribution in [2.75, 3.05) is 27.2 Å². The number of amides is 6. The molecule has 1 heterocycles. The van der Waals surface area contributed by atoms with Crippen LogP contribution >= 0.6 is 0 Å². The van der Waals surface area contributed by atoms with Crippen LogP contribution in [0.25, 0.3) is 0 Å². The zero-order valence-electron chi connectivity index (χ0n) is 34.2. The van der Waals surface area contributed by atoms with Gasteiger partial charge in [0.1, 0.15) is 17.7 Å². The van der Waals surface area contributed by atoms with Crippen molar-refractivity contribution in [2.45, 2.75) is 129 Å². The van der Waals surface area contributed by atoms with Crippen molar-refractivity contribution < 1.29 is 38.3 Å². The van der Waals surface area contributed by atoms with E-state index in [2.05, 4.69) is 35.1 Å². The van der Waals surface area contributed by atoms with Gasteiger partial charge in [0.15, 0.2) is 0 Å². The quantitative estimate of drug-likeness (QED) is 0.195. The van der Waals surface area contributed by atoms with Crippen LogP contribution in [0.4, 0.5) is 4.79 Å². The number of ether oxygens (including phenoxy) is 1. The van der Waals surface area contributed by atoms with E-state index >= 15 is 0 Å². The van der Waals surface area contributed by atoms with Crippen LogP contribution in [0.2, 0.25) is 0 Å². The summed E-state index contributed by atoms with van der Waals surface area (Å²) in [5.41, 5.74) is -0.265. The fraction of sp³-hybridized carbons (Fsp3) is 0.690. The summed E-state index contributed by atoms with van der Waals surface area (Å²) in [6.07, 6.45) is 6.75. The lowest BCUT2D eigenvalue weighted by Crippen LogP contribution is -2.60. The molecule has 14 heteroatoms. The number of piperidine rings is 1. The SMILES string of the molecule is CN(C)C(=O)C[C@H](NC(=O)CNC(=O)C(=O)C(CC1CCC1)NC(=O)[C@@H]1[C@@H]2[C@H](CN1C(=O)[C@@H](NC(=O)OC(C)(C)C)C1CCCCC1)C2(C)C)c1ccccc1. The van der Waals surface area contributed by atoms with Crippen LogP contribution < -0.4 is 21.3 Å². The van der Waals surface area contributed by atoms with Gasteiger partial charge in [0.2, 0.25) is 29.4 Å². The Morgan fingerprint density at radius 1 is 0.893 bits per heavy atom. The van der Waals surface area contributed by atoms with Crippen molar-refractivity contribution in [3.63, 3.8) is 0 Å². The Morgan fingerprint density at radius 2 is 1.55 bits per heavy atom. The zero-order valence-corrected chi connectivity index (χ0v) is 34.2. The van der Waals surface area contributed by atoms with Gasteiger partial charge >= 0.3 is 6.09 Å². The zero-order chi connectivity index (χ0) is 40.9. The van der Waals surface area contributed by atoms with Gasteiger partial charge in [-0.15, -0.1) is 0 Å². The summed E-state index contributed by atoms with van der Waals surface area (Å²) in [4.78, 5) is 97.6. The predicted octanol–water partition coefficient (Wildman–Crippen LogP) is 3.64. The van der Waals surface area contributed by atoms with E-state index in [0.29, 0.717) is 12.1 Å². The van der Waals surface area contributed by atoms with Crippen molar-refractivity contribution in [1.29, 1.82) is 0 Å². The van der Waals surface area contributed by atoms with Crippen LogP contribution in [0.5, 0.6) is 0 Å². The molecule has 6 atom stereocenters. The first-order valence-electron chi connectivity index (χ1n) is 20.3. The second-order valence-corrected chi connectivity index (χ2v) is 18.1. The number of fused-ring (bicyclic) bond motifs is 1. The van der Waals surface area contributed by atoms with Crippen LogP contribution in [0, 0.1) is 29.1 Å². The highest BCUT2D eigenvalue weighted by Gasteiger charge is 2.69. The van der Waals surface area contributed by atoms with Crippen molar-refractivity contribution in [3.8, 4) is 0 Å². The summed E-state index contributed by atoms with van der Waals surface area (Å²) in [7, 11) is 3.25. The Labute approximate surface area is 331 Å². The number of carbonyl (C=O) groups excluding carboxylic acids is 7. The third-order valence-corrected chi connectivity index (χ3v) is 12.3. The molecule has 308 valence electrons. The van der Waals surface area contributed by atoms with Gasteiger partial charge in [-0.05, 0) is 74.7 Å². The van der Waals surface area contributed by atoms with Crippen LogP contribution in [-0.2, 0) is 33.5 Å².